The first-order valence-electron chi connectivity index (χ1n) is 12.1. The van der Waals surface area contributed by atoms with Crippen LogP contribution in [0.4, 0.5) is 0 Å². The quantitative estimate of drug-likeness (QED) is 0.212. The number of nitrogens with zero attached hydrogens (tertiary/aromatic N) is 4. The van der Waals surface area contributed by atoms with Crippen molar-refractivity contribution in [3.8, 4) is 0 Å². The molecule has 4 rings (SSSR count). The van der Waals surface area contributed by atoms with Crippen molar-refractivity contribution in [2.45, 2.75) is 43.9 Å². The first-order chi connectivity index (χ1) is 17.3. The molecule has 192 valence electrons. The Morgan fingerprint density at radius 1 is 1.14 bits per heavy atom. The molecule has 36 heavy (non-hydrogen) atoms. The van der Waals surface area contributed by atoms with Crippen molar-refractivity contribution in [3.05, 3.63) is 59.3 Å². The number of fused-ring (bicyclic) bond motifs is 1. The highest BCUT2D eigenvalue weighted by molar-refractivity contribution is 7.89. The molecule has 1 aliphatic carbocycles. The van der Waals surface area contributed by atoms with Crippen molar-refractivity contribution in [3.63, 3.8) is 0 Å². The number of amides is 1. The summed E-state index contributed by atoms with van der Waals surface area (Å²) >= 11 is 0. The molecule has 1 spiro atoms. The van der Waals surface area contributed by atoms with Crippen LogP contribution in [-0.4, -0.2) is 67.6 Å². The highest BCUT2D eigenvalue weighted by atomic mass is 32.2. The number of likely N-dealkylation sites (tertiary alicyclic amines) is 1. The van der Waals surface area contributed by atoms with Crippen LogP contribution in [0, 0.1) is 5.41 Å². The highest BCUT2D eigenvalue weighted by Crippen LogP contribution is 2.42. The van der Waals surface area contributed by atoms with E-state index in [9.17, 15) is 13.2 Å². The van der Waals surface area contributed by atoms with E-state index in [1.54, 1.807) is 22.8 Å². The zero-order chi connectivity index (χ0) is 25.8. The van der Waals surface area contributed by atoms with E-state index in [0.29, 0.717) is 23.9 Å². The Balaban J connectivity index is 1.38. The van der Waals surface area contributed by atoms with Crippen molar-refractivity contribution in [1.29, 1.82) is 0 Å². The summed E-state index contributed by atoms with van der Waals surface area (Å²) < 4.78 is 28.4. The maximum Gasteiger partial charge on any atom is 0.271 e. The number of piperidine rings is 2. The number of guanidine groups is 1. The Morgan fingerprint density at radius 3 is 2.50 bits per heavy atom. The summed E-state index contributed by atoms with van der Waals surface area (Å²) in [6.07, 6.45) is 13.5. The summed E-state index contributed by atoms with van der Waals surface area (Å²) in [4.78, 5) is 22.1. The molecule has 3 aliphatic rings. The predicted molar refractivity (Wildman–Crippen MR) is 140 cm³/mol. The molecule has 1 amide bonds. The van der Waals surface area contributed by atoms with Crippen LogP contribution in [0.3, 0.4) is 0 Å². The highest BCUT2D eigenvalue weighted by Gasteiger charge is 2.41. The Labute approximate surface area is 212 Å². The van der Waals surface area contributed by atoms with Gasteiger partial charge in [-0.1, -0.05) is 30.4 Å². The lowest BCUT2D eigenvalue weighted by Crippen LogP contribution is -2.49. The Bertz CT molecular complexity index is 1230. The van der Waals surface area contributed by atoms with Gasteiger partial charge in [-0.05, 0) is 74.4 Å². The molecule has 2 aliphatic heterocycles. The number of hydrogen-bond donors (Lipinski definition) is 2. The summed E-state index contributed by atoms with van der Waals surface area (Å²) in [5.41, 5.74) is 4.01. The predicted octanol–water partition coefficient (Wildman–Crippen LogP) is 3.14. The van der Waals surface area contributed by atoms with Gasteiger partial charge in [0, 0.05) is 38.0 Å². The Morgan fingerprint density at radius 2 is 1.83 bits per heavy atom. The van der Waals surface area contributed by atoms with Gasteiger partial charge >= 0.3 is 0 Å². The van der Waals surface area contributed by atoms with Gasteiger partial charge in [-0.3, -0.25) is 10.0 Å². The van der Waals surface area contributed by atoms with E-state index in [-0.39, 0.29) is 11.0 Å². The molecule has 2 fully saturated rings. The Kier molecular flexibility index (Phi) is 7.87. The molecule has 9 nitrogen and oxygen atoms in total. The largest absolute Gasteiger partial charge is 0.341 e. The maximum atomic E-state index is 13.4. The molecule has 2 N–H and O–H groups in total. The molecular weight excluding hydrogens is 478 g/mol. The summed E-state index contributed by atoms with van der Waals surface area (Å²) in [7, 11) is -3.54. The van der Waals surface area contributed by atoms with Gasteiger partial charge < -0.3 is 4.90 Å². The second kappa shape index (κ2) is 10.9. The molecule has 0 saturated carbocycles. The molecule has 1 aromatic carbocycles. The van der Waals surface area contributed by atoms with Crippen LogP contribution in [-0.2, 0) is 21.2 Å². The molecular formula is C26H33N5O4S. The Hall–Kier alpha value is -3.08. The average molecular weight is 512 g/mol. The summed E-state index contributed by atoms with van der Waals surface area (Å²) in [6, 6.07) is 5.43. The SMILES string of the molecule is C=NC(=N/C=C(\C)C(=O)NO)N1CCC2(CC1)CCN(S(=O)(=O)c1ccc3c(c1)CC=CC=C3)CC2. The fraction of sp³-hybridized carbons (Fsp3) is 0.423. The zero-order valence-electron chi connectivity index (χ0n) is 20.6. The van der Waals surface area contributed by atoms with Gasteiger partial charge in [-0.15, -0.1) is 0 Å². The number of aliphatic imine (C=N–C) groups is 2. The molecule has 0 aromatic heterocycles. The average Bonchev–Trinajstić information content (AvgIpc) is 3.14. The molecule has 10 heteroatoms. The van der Waals surface area contributed by atoms with Gasteiger partial charge in [0.1, 0.15) is 0 Å². The number of rotatable bonds is 4. The van der Waals surface area contributed by atoms with Gasteiger partial charge in [0.05, 0.1) is 4.90 Å². The monoisotopic (exact) mass is 511 g/mol. The molecule has 0 bridgehead atoms. The summed E-state index contributed by atoms with van der Waals surface area (Å²) in [5.74, 6) is -0.191. The third-order valence-corrected chi connectivity index (χ3v) is 9.37. The molecule has 0 radical (unpaired) electrons. The molecule has 1 aromatic rings. The standard InChI is InChI=1S/C26H33N5O4S/c1-20(24(32)29-33)19-28-25(27-2)30-14-10-26(11-15-30)12-16-31(17-13-26)36(34,35)23-9-8-21-6-4-3-5-7-22(21)18-23/h3-6,8-9,18-19,33H,2,7,10-17H2,1H3,(H,29,32)/b20-19+,28-25?. The fourth-order valence-electron chi connectivity index (χ4n) is 5.07. The van der Waals surface area contributed by atoms with E-state index in [4.69, 9.17) is 5.21 Å². The normalized spacial score (nSPS) is 20.7. The van der Waals surface area contributed by atoms with Crippen molar-refractivity contribution in [2.24, 2.45) is 15.4 Å². The third-order valence-electron chi connectivity index (χ3n) is 7.48. The fourth-order valence-corrected chi connectivity index (χ4v) is 6.56. The smallest absolute Gasteiger partial charge is 0.271 e. The number of carbonyl (C=O) groups is 1. The summed E-state index contributed by atoms with van der Waals surface area (Å²) in [6.45, 7) is 7.63. The number of allylic oxidation sites excluding steroid dienone is 3. The maximum absolute atomic E-state index is 13.4. The number of sulfonamides is 1. The number of benzene rings is 1. The number of hydrogen-bond acceptors (Lipinski definition) is 5. The van der Waals surface area contributed by atoms with E-state index in [2.05, 4.69) is 16.7 Å². The second-order valence-electron chi connectivity index (χ2n) is 9.58. The molecule has 0 unspecified atom stereocenters. The minimum Gasteiger partial charge on any atom is -0.341 e. The van der Waals surface area contributed by atoms with Gasteiger partial charge in [0.15, 0.2) is 0 Å². The molecule has 0 atom stereocenters. The topological polar surface area (TPSA) is 115 Å². The lowest BCUT2D eigenvalue weighted by atomic mass is 9.71. The third kappa shape index (κ3) is 5.50. The first kappa shape index (κ1) is 26.0. The van der Waals surface area contributed by atoms with E-state index in [0.717, 1.165) is 56.3 Å². The van der Waals surface area contributed by atoms with E-state index in [1.807, 2.05) is 41.3 Å². The van der Waals surface area contributed by atoms with Gasteiger partial charge in [0.25, 0.3) is 5.91 Å². The molecule has 2 saturated heterocycles. The number of hydroxylamine groups is 1. The first-order valence-corrected chi connectivity index (χ1v) is 13.6. The van der Waals surface area contributed by atoms with Crippen molar-refractivity contribution >= 4 is 34.7 Å². The number of carbonyl (C=O) groups excluding carboxylic acids is 1. The van der Waals surface area contributed by atoms with Crippen LogP contribution >= 0.6 is 0 Å². The lowest BCUT2D eigenvalue weighted by molar-refractivity contribution is -0.125. The minimum atomic E-state index is -3.54. The van der Waals surface area contributed by atoms with E-state index < -0.39 is 15.9 Å². The van der Waals surface area contributed by atoms with Crippen molar-refractivity contribution in [1.82, 2.24) is 14.7 Å². The van der Waals surface area contributed by atoms with Crippen LogP contribution in [0.1, 0.15) is 43.7 Å². The van der Waals surface area contributed by atoms with E-state index >= 15 is 0 Å². The van der Waals surface area contributed by atoms with E-state index in [1.165, 1.54) is 6.20 Å². The number of nitrogens with one attached hydrogen (secondary N) is 1. The summed E-state index contributed by atoms with van der Waals surface area (Å²) in [5, 5.41) is 8.73. The van der Waals surface area contributed by atoms with Crippen LogP contribution < -0.4 is 5.48 Å². The zero-order valence-corrected chi connectivity index (χ0v) is 21.4. The van der Waals surface area contributed by atoms with Crippen molar-refractivity contribution < 1.29 is 18.4 Å². The van der Waals surface area contributed by atoms with Gasteiger partial charge in [-0.25, -0.2) is 23.9 Å². The van der Waals surface area contributed by atoms with Crippen molar-refractivity contribution in [2.75, 3.05) is 26.2 Å². The van der Waals surface area contributed by atoms with Crippen LogP contribution in [0.5, 0.6) is 0 Å². The molecule has 2 heterocycles. The van der Waals surface area contributed by atoms with Gasteiger partial charge in [0.2, 0.25) is 16.0 Å². The van der Waals surface area contributed by atoms with Crippen LogP contribution in [0.15, 0.2) is 63.1 Å². The minimum absolute atomic E-state index is 0.0979. The van der Waals surface area contributed by atoms with Crippen LogP contribution in [0.2, 0.25) is 0 Å². The lowest BCUT2D eigenvalue weighted by Gasteiger charge is -2.46. The van der Waals surface area contributed by atoms with Crippen LogP contribution in [0.25, 0.3) is 6.08 Å². The second-order valence-corrected chi connectivity index (χ2v) is 11.5. The van der Waals surface area contributed by atoms with Gasteiger partial charge in [-0.2, -0.15) is 4.31 Å².